The molecule has 1 aromatic heterocycles. The molecule has 0 amide bonds. The summed E-state index contributed by atoms with van der Waals surface area (Å²) in [7, 11) is 0. The Hall–Kier alpha value is -0.670. The second-order valence-corrected chi connectivity index (χ2v) is 5.11. The highest BCUT2D eigenvalue weighted by Crippen LogP contribution is 2.38. The Morgan fingerprint density at radius 2 is 2.21 bits per heavy atom. The summed E-state index contributed by atoms with van der Waals surface area (Å²) < 4.78 is 1.18. The molecule has 1 aromatic carbocycles. The standard InChI is InChI=1S/C11H12OS2/c1-3-9-11(12)8-6-7(13-2)4-5-10(8)14-9/h4-6,12H,3H2,1-2H3. The van der Waals surface area contributed by atoms with Crippen molar-refractivity contribution in [2.24, 2.45) is 0 Å². The predicted octanol–water partition coefficient (Wildman–Crippen LogP) is 3.89. The Morgan fingerprint density at radius 3 is 2.86 bits per heavy atom. The highest BCUT2D eigenvalue weighted by Gasteiger charge is 2.09. The van der Waals surface area contributed by atoms with Crippen LogP contribution in [0, 0.1) is 0 Å². The number of aryl methyl sites for hydroxylation is 1. The van der Waals surface area contributed by atoms with Crippen LogP contribution in [0.1, 0.15) is 11.8 Å². The third kappa shape index (κ3) is 1.51. The zero-order valence-corrected chi connectivity index (χ0v) is 9.84. The number of hydrogen-bond acceptors (Lipinski definition) is 3. The molecule has 3 heteroatoms. The fraction of sp³-hybridized carbons (Fsp3) is 0.273. The summed E-state index contributed by atoms with van der Waals surface area (Å²) in [6.07, 6.45) is 2.95. The van der Waals surface area contributed by atoms with Crippen LogP contribution in [-0.4, -0.2) is 11.4 Å². The molecule has 0 aliphatic carbocycles. The maximum atomic E-state index is 9.91. The van der Waals surface area contributed by atoms with Crippen molar-refractivity contribution in [3.05, 3.63) is 23.1 Å². The molecule has 0 aliphatic rings. The van der Waals surface area contributed by atoms with Crippen molar-refractivity contribution in [2.75, 3.05) is 6.26 Å². The molecule has 1 nitrogen and oxygen atoms in total. The number of hydrogen-bond donors (Lipinski definition) is 1. The molecular weight excluding hydrogens is 212 g/mol. The van der Waals surface area contributed by atoms with Crippen LogP contribution >= 0.6 is 23.1 Å². The molecule has 0 spiro atoms. The number of thiophene rings is 1. The third-order valence-electron chi connectivity index (χ3n) is 2.26. The van der Waals surface area contributed by atoms with E-state index in [0.29, 0.717) is 5.75 Å². The quantitative estimate of drug-likeness (QED) is 0.781. The van der Waals surface area contributed by atoms with Crippen molar-refractivity contribution in [1.29, 1.82) is 0 Å². The summed E-state index contributed by atoms with van der Waals surface area (Å²) in [6, 6.07) is 6.25. The van der Waals surface area contributed by atoms with Gasteiger partial charge in [0.25, 0.3) is 0 Å². The zero-order chi connectivity index (χ0) is 10.1. The number of benzene rings is 1. The van der Waals surface area contributed by atoms with E-state index in [1.807, 2.05) is 6.26 Å². The number of rotatable bonds is 2. The van der Waals surface area contributed by atoms with Gasteiger partial charge in [-0.15, -0.1) is 23.1 Å². The van der Waals surface area contributed by atoms with Crippen LogP contribution in [0.4, 0.5) is 0 Å². The van der Waals surface area contributed by atoms with Gasteiger partial charge in [-0.3, -0.25) is 0 Å². The van der Waals surface area contributed by atoms with E-state index >= 15 is 0 Å². The molecule has 0 atom stereocenters. The second kappa shape index (κ2) is 3.83. The monoisotopic (exact) mass is 224 g/mol. The molecule has 0 fully saturated rings. The van der Waals surface area contributed by atoms with Crippen LogP contribution in [-0.2, 0) is 6.42 Å². The lowest BCUT2D eigenvalue weighted by Gasteiger charge is -1.96. The molecule has 0 saturated heterocycles. The van der Waals surface area contributed by atoms with Crippen LogP contribution in [0.25, 0.3) is 10.1 Å². The second-order valence-electron chi connectivity index (χ2n) is 3.09. The molecule has 2 aromatic rings. The maximum absolute atomic E-state index is 9.91. The van der Waals surface area contributed by atoms with Gasteiger partial charge in [0.15, 0.2) is 0 Å². The van der Waals surface area contributed by atoms with Gasteiger partial charge in [-0.25, -0.2) is 0 Å². The van der Waals surface area contributed by atoms with Gasteiger partial charge in [0.2, 0.25) is 0 Å². The Morgan fingerprint density at radius 1 is 1.43 bits per heavy atom. The van der Waals surface area contributed by atoms with Gasteiger partial charge in [0.1, 0.15) is 5.75 Å². The minimum absolute atomic E-state index is 0.475. The Balaban J connectivity index is 2.68. The number of fused-ring (bicyclic) bond motifs is 1. The molecule has 1 heterocycles. The Kier molecular flexibility index (Phi) is 2.70. The van der Waals surface area contributed by atoms with Gasteiger partial charge in [0.05, 0.1) is 0 Å². The summed E-state index contributed by atoms with van der Waals surface area (Å²) in [6.45, 7) is 2.07. The van der Waals surface area contributed by atoms with E-state index in [1.165, 1.54) is 9.60 Å². The smallest absolute Gasteiger partial charge is 0.137 e. The number of thioether (sulfide) groups is 1. The normalized spacial score (nSPS) is 11.0. The summed E-state index contributed by atoms with van der Waals surface area (Å²) >= 11 is 3.39. The predicted molar refractivity (Wildman–Crippen MR) is 64.6 cm³/mol. The minimum Gasteiger partial charge on any atom is -0.506 e. The SMILES string of the molecule is CCc1sc2ccc(SC)cc2c1O. The van der Waals surface area contributed by atoms with Gasteiger partial charge in [0, 0.05) is 19.9 Å². The van der Waals surface area contributed by atoms with E-state index in [4.69, 9.17) is 0 Å². The van der Waals surface area contributed by atoms with Crippen LogP contribution in [0.15, 0.2) is 23.1 Å². The lowest BCUT2D eigenvalue weighted by Crippen LogP contribution is -1.71. The van der Waals surface area contributed by atoms with Gasteiger partial charge in [-0.05, 0) is 30.9 Å². The van der Waals surface area contributed by atoms with Gasteiger partial charge >= 0.3 is 0 Å². The summed E-state index contributed by atoms with van der Waals surface area (Å²) in [5.41, 5.74) is 0. The van der Waals surface area contributed by atoms with E-state index in [1.54, 1.807) is 23.1 Å². The van der Waals surface area contributed by atoms with Crippen LogP contribution < -0.4 is 0 Å². The fourth-order valence-corrected chi connectivity index (χ4v) is 2.94. The Labute approximate surface area is 91.8 Å². The average molecular weight is 224 g/mol. The van der Waals surface area contributed by atoms with E-state index in [-0.39, 0.29) is 0 Å². The molecule has 0 saturated carbocycles. The molecule has 14 heavy (non-hydrogen) atoms. The lowest BCUT2D eigenvalue weighted by molar-refractivity contribution is 0.478. The minimum atomic E-state index is 0.475. The van der Waals surface area contributed by atoms with Crippen LogP contribution in [0.5, 0.6) is 5.75 Å². The third-order valence-corrected chi connectivity index (χ3v) is 4.29. The van der Waals surface area contributed by atoms with Crippen LogP contribution in [0.3, 0.4) is 0 Å². The van der Waals surface area contributed by atoms with Crippen LogP contribution in [0.2, 0.25) is 0 Å². The van der Waals surface area contributed by atoms with Gasteiger partial charge in [-0.1, -0.05) is 6.92 Å². The Bertz CT molecular complexity index is 460. The highest BCUT2D eigenvalue weighted by molar-refractivity contribution is 7.98. The molecule has 0 bridgehead atoms. The largest absolute Gasteiger partial charge is 0.506 e. The first-order valence-electron chi connectivity index (χ1n) is 4.54. The first-order chi connectivity index (χ1) is 6.76. The van der Waals surface area contributed by atoms with E-state index in [9.17, 15) is 5.11 Å². The summed E-state index contributed by atoms with van der Waals surface area (Å²) in [5.74, 6) is 0.475. The summed E-state index contributed by atoms with van der Waals surface area (Å²) in [5, 5.41) is 10.9. The van der Waals surface area contributed by atoms with Crippen molar-refractivity contribution < 1.29 is 5.11 Å². The molecular formula is C11H12OS2. The molecule has 0 radical (unpaired) electrons. The molecule has 0 aliphatic heterocycles. The van der Waals surface area contributed by atoms with Crippen molar-refractivity contribution in [1.82, 2.24) is 0 Å². The van der Waals surface area contributed by atoms with Crippen molar-refractivity contribution in [3.63, 3.8) is 0 Å². The van der Waals surface area contributed by atoms with Crippen molar-refractivity contribution >= 4 is 33.2 Å². The van der Waals surface area contributed by atoms with E-state index < -0.39 is 0 Å². The highest BCUT2D eigenvalue weighted by atomic mass is 32.2. The first-order valence-corrected chi connectivity index (χ1v) is 6.58. The van der Waals surface area contributed by atoms with Crippen molar-refractivity contribution in [2.45, 2.75) is 18.2 Å². The lowest BCUT2D eigenvalue weighted by atomic mass is 10.2. The number of aromatic hydroxyl groups is 1. The zero-order valence-electron chi connectivity index (χ0n) is 8.20. The summed E-state index contributed by atoms with van der Waals surface area (Å²) in [4.78, 5) is 2.28. The van der Waals surface area contributed by atoms with Gasteiger partial charge < -0.3 is 5.11 Å². The first kappa shape index (κ1) is 9.87. The molecule has 2 rings (SSSR count). The molecule has 0 unspecified atom stereocenters. The topological polar surface area (TPSA) is 20.2 Å². The van der Waals surface area contributed by atoms with E-state index in [2.05, 4.69) is 25.1 Å². The average Bonchev–Trinajstić information content (AvgIpc) is 2.55. The van der Waals surface area contributed by atoms with Crippen molar-refractivity contribution in [3.8, 4) is 5.75 Å². The molecule has 74 valence electrons. The van der Waals surface area contributed by atoms with E-state index in [0.717, 1.165) is 16.7 Å². The fourth-order valence-electron chi connectivity index (χ4n) is 1.48. The van der Waals surface area contributed by atoms with Gasteiger partial charge in [-0.2, -0.15) is 0 Å². The maximum Gasteiger partial charge on any atom is 0.137 e. The molecule has 1 N–H and O–H groups in total.